The number of benzene rings is 2. The van der Waals surface area contributed by atoms with E-state index in [1.807, 2.05) is 13.8 Å². The van der Waals surface area contributed by atoms with Crippen LogP contribution in [0.25, 0.3) is 0 Å². The van der Waals surface area contributed by atoms with Gasteiger partial charge in [-0.3, -0.25) is 4.90 Å². The van der Waals surface area contributed by atoms with Crippen molar-refractivity contribution in [2.75, 3.05) is 54.0 Å². The second kappa shape index (κ2) is 15.4. The Morgan fingerprint density at radius 2 is 1.74 bits per heavy atom. The van der Waals surface area contributed by atoms with Crippen LogP contribution < -0.4 is 15.2 Å². The molecule has 2 aromatic carbocycles. The molecule has 3 heterocycles. The van der Waals surface area contributed by atoms with Gasteiger partial charge in [-0.05, 0) is 102 Å². The maximum atomic E-state index is 13.9. The number of nitrogens with zero attached hydrogens (tertiary/aromatic N) is 5. The van der Waals surface area contributed by atoms with Crippen LogP contribution in [0.3, 0.4) is 0 Å². The lowest BCUT2D eigenvalue weighted by Crippen LogP contribution is -2.50. The van der Waals surface area contributed by atoms with E-state index in [4.69, 9.17) is 15.2 Å². The zero-order valence-electron chi connectivity index (χ0n) is 28.7. The Morgan fingerprint density at radius 3 is 2.40 bits per heavy atom. The number of hydrogen-bond acceptors (Lipinski definition) is 9. The predicted molar refractivity (Wildman–Crippen MR) is 185 cm³/mol. The van der Waals surface area contributed by atoms with Gasteiger partial charge in [-0.1, -0.05) is 36.8 Å². The lowest BCUT2D eigenvalue weighted by Gasteiger charge is -2.46. The van der Waals surface area contributed by atoms with E-state index >= 15 is 0 Å². The van der Waals surface area contributed by atoms with E-state index in [2.05, 4.69) is 64.2 Å². The average Bonchev–Trinajstić information content (AvgIpc) is 3.07. The fraction of sp³-hybridized carbons (Fsp3) is 0.556. The zero-order chi connectivity index (χ0) is 33.6. The highest BCUT2D eigenvalue weighted by Crippen LogP contribution is 2.37. The molecule has 3 aromatic rings. The van der Waals surface area contributed by atoms with Crippen molar-refractivity contribution in [2.45, 2.75) is 81.3 Å². The summed E-state index contributed by atoms with van der Waals surface area (Å²) in [6.07, 6.45) is 8.07. The van der Waals surface area contributed by atoms with Crippen LogP contribution in [0.2, 0.25) is 0 Å². The number of aromatic nitrogens is 2. The van der Waals surface area contributed by atoms with Crippen molar-refractivity contribution in [3.8, 4) is 11.6 Å². The molecule has 2 aliphatic rings. The molecule has 0 amide bonds. The van der Waals surface area contributed by atoms with Gasteiger partial charge in [-0.15, -0.1) is 0 Å². The van der Waals surface area contributed by atoms with Gasteiger partial charge in [-0.2, -0.15) is 9.29 Å². The minimum atomic E-state index is -3.73. The minimum Gasteiger partial charge on any atom is -0.497 e. The summed E-state index contributed by atoms with van der Waals surface area (Å²) in [7, 11) is 2.24. The van der Waals surface area contributed by atoms with E-state index < -0.39 is 10.0 Å². The molecule has 0 bridgehead atoms. The molecule has 5 rings (SSSR count). The number of methoxy groups -OCH3 is 1. The summed E-state index contributed by atoms with van der Waals surface area (Å²) in [6.45, 7) is 7.39. The number of rotatable bonds is 13. The smallest absolute Gasteiger partial charge is 0.243 e. The molecule has 11 heteroatoms. The fourth-order valence-corrected chi connectivity index (χ4v) is 9.45. The number of ether oxygens (including phenoxy) is 2. The molecule has 2 fully saturated rings. The third kappa shape index (κ3) is 7.97. The SMILES string of the molecule is COc1cc(C)c(S(=O)(=O)N2CCCCC2COc2ccnc(C(N)CCCN3CCC(c4ccccc4)(N(C)C)CC3)n2)c(C)c1. The van der Waals surface area contributed by atoms with Crippen LogP contribution in [-0.2, 0) is 15.6 Å². The van der Waals surface area contributed by atoms with Crippen LogP contribution in [0.5, 0.6) is 11.6 Å². The van der Waals surface area contributed by atoms with Crippen molar-refractivity contribution in [2.24, 2.45) is 5.73 Å². The molecule has 10 nitrogen and oxygen atoms in total. The Morgan fingerprint density at radius 1 is 1.04 bits per heavy atom. The molecule has 0 saturated carbocycles. The molecule has 2 aliphatic heterocycles. The van der Waals surface area contributed by atoms with E-state index in [9.17, 15) is 8.42 Å². The predicted octanol–water partition coefficient (Wildman–Crippen LogP) is 5.06. The Bertz CT molecular complexity index is 1550. The van der Waals surface area contributed by atoms with Crippen LogP contribution in [0.1, 0.15) is 73.5 Å². The summed E-state index contributed by atoms with van der Waals surface area (Å²) in [6, 6.07) is 15.5. The van der Waals surface area contributed by atoms with Crippen molar-refractivity contribution < 1.29 is 17.9 Å². The molecule has 0 aliphatic carbocycles. The van der Waals surface area contributed by atoms with Gasteiger partial charge in [0.1, 0.15) is 18.2 Å². The molecular weight excluding hydrogens is 613 g/mol. The van der Waals surface area contributed by atoms with Crippen LogP contribution in [-0.4, -0.2) is 92.5 Å². The molecule has 2 unspecified atom stereocenters. The average molecular weight is 665 g/mol. The van der Waals surface area contributed by atoms with Crippen molar-refractivity contribution in [3.63, 3.8) is 0 Å². The summed E-state index contributed by atoms with van der Waals surface area (Å²) in [5, 5.41) is 0. The van der Waals surface area contributed by atoms with Crippen LogP contribution in [0.4, 0.5) is 0 Å². The normalized spacial score (nSPS) is 19.9. The fourth-order valence-electron chi connectivity index (χ4n) is 7.36. The second-order valence-electron chi connectivity index (χ2n) is 13.3. The quantitative estimate of drug-likeness (QED) is 0.268. The highest BCUT2D eigenvalue weighted by Gasteiger charge is 2.38. The molecule has 0 radical (unpaired) electrons. The number of piperidine rings is 2. The third-order valence-corrected chi connectivity index (χ3v) is 12.3. The van der Waals surface area contributed by atoms with Crippen molar-refractivity contribution in [3.05, 3.63) is 77.2 Å². The molecular formula is C36H52N6O4S. The van der Waals surface area contributed by atoms with Gasteiger partial charge in [0, 0.05) is 37.4 Å². The topological polar surface area (TPSA) is 114 Å². The van der Waals surface area contributed by atoms with Gasteiger partial charge in [0.2, 0.25) is 15.9 Å². The minimum absolute atomic E-state index is 0.0782. The number of aryl methyl sites for hydroxylation is 2. The van der Waals surface area contributed by atoms with E-state index in [-0.39, 0.29) is 24.2 Å². The third-order valence-electron chi connectivity index (χ3n) is 10.1. The lowest BCUT2D eigenvalue weighted by molar-refractivity contribution is 0.0530. The summed E-state index contributed by atoms with van der Waals surface area (Å²) < 4.78 is 40.9. The van der Waals surface area contributed by atoms with Gasteiger partial charge in [0.15, 0.2) is 0 Å². The van der Waals surface area contributed by atoms with Gasteiger partial charge < -0.3 is 20.1 Å². The maximum absolute atomic E-state index is 13.9. The second-order valence-corrected chi connectivity index (χ2v) is 15.1. The molecule has 1 aromatic heterocycles. The van der Waals surface area contributed by atoms with E-state index in [1.54, 1.807) is 35.8 Å². The van der Waals surface area contributed by atoms with Gasteiger partial charge in [-0.25, -0.2) is 13.4 Å². The Labute approximate surface area is 281 Å². The Hall–Kier alpha value is -3.09. The lowest BCUT2D eigenvalue weighted by atomic mass is 9.80. The maximum Gasteiger partial charge on any atom is 0.243 e. The summed E-state index contributed by atoms with van der Waals surface area (Å²) >= 11 is 0. The van der Waals surface area contributed by atoms with Crippen LogP contribution >= 0.6 is 0 Å². The van der Waals surface area contributed by atoms with E-state index in [1.165, 1.54) is 5.56 Å². The van der Waals surface area contributed by atoms with Crippen molar-refractivity contribution in [1.82, 2.24) is 24.1 Å². The number of likely N-dealkylation sites (tertiary alicyclic amines) is 1. The molecule has 2 atom stereocenters. The monoisotopic (exact) mass is 664 g/mol. The number of hydrogen-bond donors (Lipinski definition) is 1. The number of nitrogens with two attached hydrogens (primary N) is 1. The Kier molecular flexibility index (Phi) is 11.6. The first-order valence-electron chi connectivity index (χ1n) is 16.9. The molecule has 47 heavy (non-hydrogen) atoms. The molecule has 0 spiro atoms. The Balaban J connectivity index is 1.14. The largest absolute Gasteiger partial charge is 0.497 e. The molecule has 2 N–H and O–H groups in total. The number of sulfonamides is 1. The zero-order valence-corrected chi connectivity index (χ0v) is 29.5. The summed E-state index contributed by atoms with van der Waals surface area (Å²) in [4.78, 5) is 14.3. The van der Waals surface area contributed by atoms with Crippen LogP contribution in [0.15, 0.2) is 59.6 Å². The standard InChI is InChI=1S/C36H52N6O4S/c1-27-24-31(45-5)25-28(2)34(27)47(43,44)42-21-10-9-14-30(42)26-46-33-16-19-38-35(39-33)32(37)15-11-20-41-22-17-36(18-23-41,40(3)4)29-12-7-6-8-13-29/h6-8,12-13,16,19,24-25,30,32H,9-11,14-15,17-18,20-23,26,37H2,1-5H3. The summed E-state index contributed by atoms with van der Waals surface area (Å²) in [5.41, 5.74) is 9.39. The first kappa shape index (κ1) is 35.2. The van der Waals surface area contributed by atoms with Gasteiger partial charge in [0.05, 0.1) is 24.1 Å². The van der Waals surface area contributed by atoms with Crippen LogP contribution in [0, 0.1) is 13.8 Å². The van der Waals surface area contributed by atoms with Crippen molar-refractivity contribution in [1.29, 1.82) is 0 Å². The van der Waals surface area contributed by atoms with E-state index in [0.717, 1.165) is 64.6 Å². The van der Waals surface area contributed by atoms with E-state index in [0.29, 0.717) is 40.0 Å². The highest BCUT2D eigenvalue weighted by atomic mass is 32.2. The molecule has 256 valence electrons. The first-order valence-corrected chi connectivity index (χ1v) is 18.3. The first-order chi connectivity index (χ1) is 22.5. The highest BCUT2D eigenvalue weighted by molar-refractivity contribution is 7.89. The van der Waals surface area contributed by atoms with Gasteiger partial charge >= 0.3 is 0 Å². The molecule has 2 saturated heterocycles. The van der Waals surface area contributed by atoms with Gasteiger partial charge in [0.25, 0.3) is 0 Å². The van der Waals surface area contributed by atoms with Crippen molar-refractivity contribution >= 4 is 10.0 Å². The summed E-state index contributed by atoms with van der Waals surface area (Å²) in [5.74, 6) is 1.62.